The largest absolute Gasteiger partial charge is 0.461 e. The van der Waals surface area contributed by atoms with Gasteiger partial charge in [-0.1, -0.05) is 0 Å². The first kappa shape index (κ1) is 24.1. The minimum atomic E-state index is -0.616. The first-order chi connectivity index (χ1) is 17.2. The van der Waals surface area contributed by atoms with Crippen LogP contribution < -0.4 is 20.7 Å². The van der Waals surface area contributed by atoms with Gasteiger partial charge in [-0.15, -0.1) is 11.3 Å². The van der Waals surface area contributed by atoms with Gasteiger partial charge in [0, 0.05) is 43.7 Å². The minimum Gasteiger partial charge on any atom is -0.461 e. The average Bonchev–Trinajstić information content (AvgIpc) is 3.32. The van der Waals surface area contributed by atoms with Crippen molar-refractivity contribution in [1.82, 2.24) is 10.2 Å². The molecular formula is C25H27FN4O5S. The molecule has 2 aliphatic heterocycles. The zero-order valence-corrected chi connectivity index (χ0v) is 20.7. The third-order valence-electron chi connectivity index (χ3n) is 6.04. The molecule has 1 saturated carbocycles. The highest BCUT2D eigenvalue weighted by atomic mass is 32.1. The van der Waals surface area contributed by atoms with E-state index in [2.05, 4.69) is 16.0 Å². The summed E-state index contributed by atoms with van der Waals surface area (Å²) in [7, 11) is 0. The van der Waals surface area contributed by atoms with Gasteiger partial charge in [-0.25, -0.2) is 9.18 Å². The summed E-state index contributed by atoms with van der Waals surface area (Å²) in [5.41, 5.74) is 1.06. The van der Waals surface area contributed by atoms with Gasteiger partial charge in [0.25, 0.3) is 5.91 Å². The summed E-state index contributed by atoms with van der Waals surface area (Å²) in [5, 5.41) is 8.72. The normalized spacial score (nSPS) is 20.6. The van der Waals surface area contributed by atoms with Crippen LogP contribution in [-0.2, 0) is 9.53 Å². The molecule has 190 valence electrons. The topological polar surface area (TPSA) is 109 Å². The lowest BCUT2D eigenvalue weighted by atomic mass is 10.1. The number of anilines is 2. The summed E-state index contributed by atoms with van der Waals surface area (Å²) in [4.78, 5) is 39.1. The number of thiophene rings is 1. The molecule has 36 heavy (non-hydrogen) atoms. The van der Waals surface area contributed by atoms with E-state index in [-0.39, 0.29) is 41.8 Å². The summed E-state index contributed by atoms with van der Waals surface area (Å²) >= 11 is 1.26. The first-order valence-corrected chi connectivity index (χ1v) is 12.7. The van der Waals surface area contributed by atoms with Gasteiger partial charge >= 0.3 is 12.0 Å². The highest BCUT2D eigenvalue weighted by molar-refractivity contribution is 7.15. The van der Waals surface area contributed by atoms with Crippen LogP contribution in [0, 0.1) is 5.82 Å². The smallest absolute Gasteiger partial charge is 0.319 e. The molecule has 0 spiro atoms. The summed E-state index contributed by atoms with van der Waals surface area (Å²) < 4.78 is 26.0. The Bertz CT molecular complexity index is 1240. The predicted molar refractivity (Wildman–Crippen MR) is 134 cm³/mol. The molecule has 3 N–H and O–H groups in total. The van der Waals surface area contributed by atoms with E-state index >= 15 is 0 Å². The van der Waals surface area contributed by atoms with Crippen molar-refractivity contribution in [3.05, 3.63) is 45.9 Å². The van der Waals surface area contributed by atoms with Crippen molar-refractivity contribution in [2.45, 2.75) is 51.3 Å². The Morgan fingerprint density at radius 1 is 1.19 bits per heavy atom. The van der Waals surface area contributed by atoms with Crippen LogP contribution in [0.2, 0.25) is 0 Å². The van der Waals surface area contributed by atoms with Crippen LogP contribution in [0.5, 0.6) is 5.75 Å². The van der Waals surface area contributed by atoms with Gasteiger partial charge in [-0.2, -0.15) is 0 Å². The molecule has 2 aromatic rings. The molecule has 2 fully saturated rings. The van der Waals surface area contributed by atoms with Gasteiger partial charge in [0.1, 0.15) is 11.9 Å². The van der Waals surface area contributed by atoms with Gasteiger partial charge in [-0.05, 0) is 44.0 Å². The Morgan fingerprint density at radius 2 is 2.00 bits per heavy atom. The third-order valence-corrected chi connectivity index (χ3v) is 7.18. The standard InChI is InChI=1S/C25H27FN4O5S/c1-13-9-21(35-20-6-5-16(10-18(20)26)29-25(33)28-15-3-4-15)23-19(27-13)11-22(36-23)24(32)30-8-7-17(12-30)34-14(2)31/h5-6,9-11,13,15,17,27H,3-4,7-8,12H2,1-2H3,(H2,28,29,33). The molecular weight excluding hydrogens is 487 g/mol. The molecule has 3 aliphatic rings. The number of amides is 3. The SMILES string of the molecule is CC(=O)OC1CCN(C(=O)c2cc3c(s2)C(Oc2ccc(NC(=O)NC4CC4)cc2F)=CC(C)N3)C1. The van der Waals surface area contributed by atoms with Gasteiger partial charge in [0.15, 0.2) is 11.6 Å². The fourth-order valence-corrected chi connectivity index (χ4v) is 5.27. The van der Waals surface area contributed by atoms with Crippen LogP contribution in [0.25, 0.3) is 5.76 Å². The van der Waals surface area contributed by atoms with Gasteiger partial charge < -0.3 is 30.3 Å². The molecule has 5 rings (SSSR count). The monoisotopic (exact) mass is 514 g/mol. The molecule has 1 aromatic carbocycles. The fraction of sp³-hybridized carbons (Fsp3) is 0.400. The van der Waals surface area contributed by atoms with Gasteiger partial charge in [0.2, 0.25) is 0 Å². The van der Waals surface area contributed by atoms with Crippen molar-refractivity contribution in [2.75, 3.05) is 23.7 Å². The maximum absolute atomic E-state index is 14.8. The van der Waals surface area contributed by atoms with E-state index in [1.165, 1.54) is 30.4 Å². The van der Waals surface area contributed by atoms with E-state index in [1.54, 1.807) is 17.0 Å². The molecule has 9 nitrogen and oxygen atoms in total. The Kier molecular flexibility index (Phi) is 6.57. The summed E-state index contributed by atoms with van der Waals surface area (Å²) in [6, 6.07) is 5.77. The molecule has 1 saturated heterocycles. The Hall–Kier alpha value is -3.60. The first-order valence-electron chi connectivity index (χ1n) is 11.9. The molecule has 0 radical (unpaired) electrons. The van der Waals surface area contributed by atoms with Gasteiger partial charge in [-0.3, -0.25) is 9.59 Å². The number of halogens is 1. The van der Waals surface area contributed by atoms with E-state index < -0.39 is 5.82 Å². The summed E-state index contributed by atoms with van der Waals surface area (Å²) in [6.07, 6.45) is 4.06. The van der Waals surface area contributed by atoms with Crippen LogP contribution in [0.4, 0.5) is 20.6 Å². The Balaban J connectivity index is 1.29. The number of likely N-dealkylation sites (tertiary alicyclic amines) is 1. The number of carbonyl (C=O) groups is 3. The van der Waals surface area contributed by atoms with Crippen LogP contribution >= 0.6 is 11.3 Å². The number of nitrogens with zero attached hydrogens (tertiary/aromatic N) is 1. The zero-order valence-electron chi connectivity index (χ0n) is 19.9. The number of rotatable bonds is 6. The number of esters is 1. The number of urea groups is 1. The van der Waals surface area contributed by atoms with Gasteiger partial charge in [0.05, 0.1) is 22.0 Å². The second-order valence-electron chi connectivity index (χ2n) is 9.21. The van der Waals surface area contributed by atoms with E-state index in [1.807, 2.05) is 13.0 Å². The van der Waals surface area contributed by atoms with E-state index in [4.69, 9.17) is 9.47 Å². The molecule has 3 heterocycles. The average molecular weight is 515 g/mol. The molecule has 11 heteroatoms. The molecule has 3 amide bonds. The Labute approximate surface area is 211 Å². The lowest BCUT2D eigenvalue weighted by Gasteiger charge is -2.21. The van der Waals surface area contributed by atoms with Crippen molar-refractivity contribution in [2.24, 2.45) is 0 Å². The van der Waals surface area contributed by atoms with Crippen molar-refractivity contribution in [1.29, 1.82) is 0 Å². The highest BCUT2D eigenvalue weighted by Crippen LogP contribution is 2.39. The lowest BCUT2D eigenvalue weighted by molar-refractivity contribution is -0.145. The molecule has 0 bridgehead atoms. The molecule has 1 aromatic heterocycles. The predicted octanol–water partition coefficient (Wildman–Crippen LogP) is 4.18. The summed E-state index contributed by atoms with van der Waals surface area (Å²) in [6.45, 7) is 4.15. The van der Waals surface area contributed by atoms with Crippen LogP contribution in [-0.4, -0.2) is 54.1 Å². The number of fused-ring (bicyclic) bond motifs is 1. The van der Waals surface area contributed by atoms with Crippen molar-refractivity contribution >= 4 is 46.4 Å². The van der Waals surface area contributed by atoms with Crippen molar-refractivity contribution in [3.63, 3.8) is 0 Å². The zero-order chi connectivity index (χ0) is 25.4. The van der Waals surface area contributed by atoms with Crippen LogP contribution in [0.1, 0.15) is 47.7 Å². The maximum atomic E-state index is 14.8. The number of carbonyl (C=O) groups excluding carboxylic acids is 3. The lowest BCUT2D eigenvalue weighted by Crippen LogP contribution is -2.30. The molecule has 1 aliphatic carbocycles. The molecule has 2 unspecified atom stereocenters. The highest BCUT2D eigenvalue weighted by Gasteiger charge is 2.32. The fourth-order valence-electron chi connectivity index (χ4n) is 4.22. The third kappa shape index (κ3) is 5.46. The second kappa shape index (κ2) is 9.81. The number of hydrogen-bond acceptors (Lipinski definition) is 7. The van der Waals surface area contributed by atoms with Crippen molar-refractivity contribution in [3.8, 4) is 5.75 Å². The molecule has 2 atom stereocenters. The number of ether oxygens (including phenoxy) is 2. The summed E-state index contributed by atoms with van der Waals surface area (Å²) in [5.74, 6) is -0.660. The van der Waals surface area contributed by atoms with Crippen molar-refractivity contribution < 1.29 is 28.2 Å². The van der Waals surface area contributed by atoms with Crippen LogP contribution in [0.15, 0.2) is 30.3 Å². The number of benzene rings is 1. The number of hydrogen-bond donors (Lipinski definition) is 3. The van der Waals surface area contributed by atoms with E-state index in [9.17, 15) is 18.8 Å². The Morgan fingerprint density at radius 3 is 2.72 bits per heavy atom. The minimum absolute atomic E-state index is 0.0134. The second-order valence-corrected chi connectivity index (χ2v) is 10.3. The van der Waals surface area contributed by atoms with Crippen LogP contribution in [0.3, 0.4) is 0 Å². The maximum Gasteiger partial charge on any atom is 0.319 e. The van der Waals surface area contributed by atoms with E-state index in [0.717, 1.165) is 18.5 Å². The number of nitrogens with one attached hydrogen (secondary N) is 3. The van der Waals surface area contributed by atoms with E-state index in [0.29, 0.717) is 40.7 Å². The quantitative estimate of drug-likeness (QED) is 0.499.